The molecule has 2 heteroatoms. The van der Waals surface area contributed by atoms with Crippen LogP contribution >= 0.6 is 0 Å². The van der Waals surface area contributed by atoms with Crippen LogP contribution in [0.4, 0.5) is 0 Å². The number of para-hydroxylation sites is 2. The summed E-state index contributed by atoms with van der Waals surface area (Å²) in [6.45, 7) is 0. The lowest BCUT2D eigenvalue weighted by Gasteiger charge is -2.11. The number of hydrogen-bond donors (Lipinski definition) is 0. The highest BCUT2D eigenvalue weighted by molar-refractivity contribution is 5.41. The lowest BCUT2D eigenvalue weighted by atomic mass is 9.98. The Morgan fingerprint density at radius 3 is 1.50 bits per heavy atom. The van der Waals surface area contributed by atoms with Crippen molar-refractivity contribution < 1.29 is 9.47 Å². The van der Waals surface area contributed by atoms with Crippen molar-refractivity contribution >= 4 is 0 Å². The summed E-state index contributed by atoms with van der Waals surface area (Å²) in [4.78, 5) is 0. The van der Waals surface area contributed by atoms with E-state index in [-0.39, 0.29) is 0 Å². The van der Waals surface area contributed by atoms with Crippen LogP contribution in [0, 0.1) is 0 Å². The van der Waals surface area contributed by atoms with E-state index in [0.717, 1.165) is 24.3 Å². The van der Waals surface area contributed by atoms with Gasteiger partial charge in [-0.2, -0.15) is 0 Å². The lowest BCUT2D eigenvalue weighted by molar-refractivity contribution is 0.410. The second-order valence-corrected chi connectivity index (χ2v) is 5.80. The van der Waals surface area contributed by atoms with Gasteiger partial charge in [0.05, 0.1) is 14.2 Å². The average Bonchev–Trinajstić information content (AvgIpc) is 2.63. The monoisotopic (exact) mass is 318 g/mol. The summed E-state index contributed by atoms with van der Waals surface area (Å²) in [5.74, 6) is 1.88. The molecule has 24 heavy (non-hydrogen) atoms. The lowest BCUT2D eigenvalue weighted by Crippen LogP contribution is -1.96. The Balaban J connectivity index is 1.82. The van der Waals surface area contributed by atoms with Gasteiger partial charge in [0.1, 0.15) is 11.5 Å². The molecule has 2 nitrogen and oxygen atoms in total. The Kier molecular flexibility index (Phi) is 5.17. The maximum atomic E-state index is 5.46. The molecule has 122 valence electrons. The summed E-state index contributed by atoms with van der Waals surface area (Å²) in [7, 11) is 3.44. The Hall–Kier alpha value is -2.74. The van der Waals surface area contributed by atoms with Crippen molar-refractivity contribution in [2.45, 2.75) is 12.8 Å². The zero-order valence-electron chi connectivity index (χ0n) is 14.2. The molecule has 0 aromatic heterocycles. The predicted octanol–water partition coefficient (Wildman–Crippen LogP) is 4.89. The van der Waals surface area contributed by atoms with E-state index in [1.807, 2.05) is 24.3 Å². The summed E-state index contributed by atoms with van der Waals surface area (Å²) in [6, 6.07) is 25.1. The normalized spacial score (nSPS) is 10.4. The second-order valence-electron chi connectivity index (χ2n) is 5.80. The van der Waals surface area contributed by atoms with Gasteiger partial charge in [-0.1, -0.05) is 60.7 Å². The van der Waals surface area contributed by atoms with Crippen molar-refractivity contribution in [2.24, 2.45) is 0 Å². The van der Waals surface area contributed by atoms with Gasteiger partial charge >= 0.3 is 0 Å². The van der Waals surface area contributed by atoms with Crippen molar-refractivity contribution in [3.05, 3.63) is 95.1 Å². The molecule has 0 radical (unpaired) electrons. The molecule has 0 unspecified atom stereocenters. The van der Waals surface area contributed by atoms with Gasteiger partial charge in [0.2, 0.25) is 0 Å². The molecule has 0 aliphatic carbocycles. The summed E-state index contributed by atoms with van der Waals surface area (Å²) in [6.07, 6.45) is 1.73. The number of methoxy groups -OCH3 is 2. The standard InChI is InChI=1S/C22H22O2/c1-23-21-12-5-3-10-19(21)15-17-8-7-9-18(14-17)16-20-11-4-6-13-22(20)24-2/h3-14H,15-16H2,1-2H3. The Morgan fingerprint density at radius 1 is 0.583 bits per heavy atom. The van der Waals surface area contributed by atoms with E-state index in [1.54, 1.807) is 14.2 Å². The summed E-state index contributed by atoms with van der Waals surface area (Å²) in [5.41, 5.74) is 4.97. The van der Waals surface area contributed by atoms with Crippen LogP contribution in [-0.4, -0.2) is 14.2 Å². The predicted molar refractivity (Wildman–Crippen MR) is 98.0 cm³/mol. The van der Waals surface area contributed by atoms with Crippen molar-refractivity contribution in [2.75, 3.05) is 14.2 Å². The molecular weight excluding hydrogens is 296 g/mol. The number of benzene rings is 3. The van der Waals surface area contributed by atoms with Crippen LogP contribution in [0.15, 0.2) is 72.8 Å². The first-order valence-electron chi connectivity index (χ1n) is 8.12. The highest BCUT2D eigenvalue weighted by atomic mass is 16.5. The molecule has 0 aliphatic heterocycles. The minimum Gasteiger partial charge on any atom is -0.496 e. The van der Waals surface area contributed by atoms with Crippen LogP contribution < -0.4 is 9.47 Å². The smallest absolute Gasteiger partial charge is 0.122 e. The molecule has 0 fully saturated rings. The van der Waals surface area contributed by atoms with Crippen molar-refractivity contribution in [1.29, 1.82) is 0 Å². The zero-order valence-corrected chi connectivity index (χ0v) is 14.2. The first kappa shape index (κ1) is 16.1. The fraction of sp³-hybridized carbons (Fsp3) is 0.182. The minimum atomic E-state index is 0.865. The van der Waals surface area contributed by atoms with Crippen LogP contribution in [0.2, 0.25) is 0 Å². The molecule has 0 spiro atoms. The largest absolute Gasteiger partial charge is 0.496 e. The molecule has 0 saturated heterocycles. The van der Waals surface area contributed by atoms with Gasteiger partial charge in [0, 0.05) is 12.8 Å². The maximum absolute atomic E-state index is 5.46. The Morgan fingerprint density at radius 2 is 1.04 bits per heavy atom. The van der Waals surface area contributed by atoms with E-state index in [4.69, 9.17) is 9.47 Å². The molecule has 0 bridgehead atoms. The van der Waals surface area contributed by atoms with Crippen LogP contribution in [0.1, 0.15) is 22.3 Å². The molecular formula is C22H22O2. The first-order valence-corrected chi connectivity index (χ1v) is 8.12. The molecule has 0 amide bonds. The van der Waals surface area contributed by atoms with E-state index < -0.39 is 0 Å². The molecule has 0 heterocycles. The van der Waals surface area contributed by atoms with Gasteiger partial charge in [0.25, 0.3) is 0 Å². The third-order valence-electron chi connectivity index (χ3n) is 4.17. The van der Waals surface area contributed by atoms with Crippen molar-refractivity contribution in [1.82, 2.24) is 0 Å². The maximum Gasteiger partial charge on any atom is 0.122 e. The van der Waals surface area contributed by atoms with E-state index in [2.05, 4.69) is 48.5 Å². The van der Waals surface area contributed by atoms with Crippen molar-refractivity contribution in [3.8, 4) is 11.5 Å². The SMILES string of the molecule is COc1ccccc1Cc1cccc(Cc2ccccc2OC)c1. The van der Waals surface area contributed by atoms with Gasteiger partial charge < -0.3 is 9.47 Å². The second kappa shape index (κ2) is 7.69. The highest BCUT2D eigenvalue weighted by Crippen LogP contribution is 2.24. The highest BCUT2D eigenvalue weighted by Gasteiger charge is 2.06. The number of rotatable bonds is 6. The molecule has 3 rings (SSSR count). The molecule has 3 aromatic carbocycles. The van der Waals surface area contributed by atoms with E-state index in [9.17, 15) is 0 Å². The van der Waals surface area contributed by atoms with E-state index >= 15 is 0 Å². The molecule has 0 atom stereocenters. The molecule has 0 aliphatic rings. The van der Waals surface area contributed by atoms with Gasteiger partial charge in [-0.3, -0.25) is 0 Å². The quantitative estimate of drug-likeness (QED) is 0.644. The Labute approximate surface area is 143 Å². The minimum absolute atomic E-state index is 0.865. The van der Waals surface area contributed by atoms with Gasteiger partial charge in [0.15, 0.2) is 0 Å². The van der Waals surface area contributed by atoms with Crippen LogP contribution in [0.25, 0.3) is 0 Å². The van der Waals surface area contributed by atoms with Crippen molar-refractivity contribution in [3.63, 3.8) is 0 Å². The number of ether oxygens (including phenoxy) is 2. The fourth-order valence-electron chi connectivity index (χ4n) is 2.99. The molecule has 3 aromatic rings. The average molecular weight is 318 g/mol. The first-order chi connectivity index (χ1) is 11.8. The van der Waals surface area contributed by atoms with Gasteiger partial charge in [-0.05, 0) is 34.4 Å². The van der Waals surface area contributed by atoms with Crippen LogP contribution in [0.5, 0.6) is 11.5 Å². The third kappa shape index (κ3) is 3.77. The fourth-order valence-corrected chi connectivity index (χ4v) is 2.99. The number of hydrogen-bond acceptors (Lipinski definition) is 2. The summed E-state index contributed by atoms with van der Waals surface area (Å²) in [5, 5.41) is 0. The van der Waals surface area contributed by atoms with Crippen LogP contribution in [0.3, 0.4) is 0 Å². The summed E-state index contributed by atoms with van der Waals surface area (Å²) >= 11 is 0. The topological polar surface area (TPSA) is 18.5 Å². The van der Waals surface area contributed by atoms with Crippen LogP contribution in [-0.2, 0) is 12.8 Å². The Bertz CT molecular complexity index is 744. The third-order valence-corrected chi connectivity index (χ3v) is 4.17. The van der Waals surface area contributed by atoms with Gasteiger partial charge in [-0.15, -0.1) is 0 Å². The zero-order chi connectivity index (χ0) is 16.8. The summed E-state index contributed by atoms with van der Waals surface area (Å²) < 4.78 is 10.9. The molecule has 0 N–H and O–H groups in total. The molecule has 0 saturated carbocycles. The van der Waals surface area contributed by atoms with Gasteiger partial charge in [-0.25, -0.2) is 0 Å². The van der Waals surface area contributed by atoms with E-state index in [0.29, 0.717) is 0 Å². The van der Waals surface area contributed by atoms with E-state index in [1.165, 1.54) is 22.3 Å².